The zero-order chi connectivity index (χ0) is 12.7. The summed E-state index contributed by atoms with van der Waals surface area (Å²) in [5.41, 5.74) is 9.47. The molecule has 0 saturated heterocycles. The standard InChI is InChI=1S/C14H12FN3/c1-9-2-4-11(7-12(9)15)18-8-17-13-6-10(16)3-5-14(13)18/h2-8H,16H2,1H3. The van der Waals surface area contributed by atoms with E-state index in [2.05, 4.69) is 4.98 Å². The molecule has 4 heteroatoms. The molecule has 18 heavy (non-hydrogen) atoms. The molecular weight excluding hydrogens is 229 g/mol. The molecule has 0 aliphatic rings. The maximum Gasteiger partial charge on any atom is 0.128 e. The second kappa shape index (κ2) is 3.84. The van der Waals surface area contributed by atoms with Gasteiger partial charge in [-0.05, 0) is 42.8 Å². The quantitative estimate of drug-likeness (QED) is 0.665. The molecule has 1 aromatic heterocycles. The predicted molar refractivity (Wildman–Crippen MR) is 70.2 cm³/mol. The molecule has 1 heterocycles. The third-order valence-corrected chi connectivity index (χ3v) is 3.00. The Kier molecular flexibility index (Phi) is 2.30. The van der Waals surface area contributed by atoms with Crippen molar-refractivity contribution in [3.8, 4) is 5.69 Å². The molecular formula is C14H12FN3. The molecule has 3 rings (SSSR count). The predicted octanol–water partition coefficient (Wildman–Crippen LogP) is 3.06. The second-order valence-corrected chi connectivity index (χ2v) is 4.30. The van der Waals surface area contributed by atoms with Crippen molar-refractivity contribution >= 4 is 16.7 Å². The number of hydrogen-bond donors (Lipinski definition) is 1. The van der Waals surface area contributed by atoms with E-state index >= 15 is 0 Å². The van der Waals surface area contributed by atoms with Crippen LogP contribution in [-0.2, 0) is 0 Å². The summed E-state index contributed by atoms with van der Waals surface area (Å²) in [6.07, 6.45) is 1.67. The molecule has 0 bridgehead atoms. The Morgan fingerprint density at radius 2 is 2.00 bits per heavy atom. The molecule has 2 aromatic carbocycles. The van der Waals surface area contributed by atoms with Crippen LogP contribution in [-0.4, -0.2) is 9.55 Å². The van der Waals surface area contributed by atoms with E-state index in [4.69, 9.17) is 5.73 Å². The van der Waals surface area contributed by atoms with Crippen molar-refractivity contribution in [3.05, 3.63) is 54.1 Å². The van der Waals surface area contributed by atoms with Crippen molar-refractivity contribution in [2.24, 2.45) is 0 Å². The Morgan fingerprint density at radius 3 is 2.78 bits per heavy atom. The largest absolute Gasteiger partial charge is 0.399 e. The summed E-state index contributed by atoms with van der Waals surface area (Å²) in [5, 5.41) is 0. The number of nitrogens with two attached hydrogens (primary N) is 1. The maximum absolute atomic E-state index is 13.6. The Bertz CT molecular complexity index is 731. The minimum atomic E-state index is -0.218. The number of imidazole rings is 1. The van der Waals surface area contributed by atoms with Gasteiger partial charge in [0.15, 0.2) is 0 Å². The smallest absolute Gasteiger partial charge is 0.128 e. The van der Waals surface area contributed by atoms with Gasteiger partial charge in [-0.1, -0.05) is 6.07 Å². The van der Waals surface area contributed by atoms with Gasteiger partial charge in [0, 0.05) is 5.69 Å². The van der Waals surface area contributed by atoms with Gasteiger partial charge in [-0.15, -0.1) is 0 Å². The fourth-order valence-electron chi connectivity index (χ4n) is 1.97. The number of halogens is 1. The van der Waals surface area contributed by atoms with Crippen LogP contribution in [0.5, 0.6) is 0 Å². The first kappa shape index (κ1) is 10.8. The van der Waals surface area contributed by atoms with Crippen LogP contribution in [0.4, 0.5) is 10.1 Å². The zero-order valence-corrected chi connectivity index (χ0v) is 9.89. The van der Waals surface area contributed by atoms with Gasteiger partial charge in [-0.3, -0.25) is 4.57 Å². The van der Waals surface area contributed by atoms with Crippen molar-refractivity contribution in [2.75, 3.05) is 5.73 Å². The summed E-state index contributed by atoms with van der Waals surface area (Å²) in [6.45, 7) is 1.74. The number of anilines is 1. The van der Waals surface area contributed by atoms with Gasteiger partial charge in [0.05, 0.1) is 16.7 Å². The highest BCUT2D eigenvalue weighted by molar-refractivity contribution is 5.80. The summed E-state index contributed by atoms with van der Waals surface area (Å²) < 4.78 is 15.4. The van der Waals surface area contributed by atoms with Gasteiger partial charge in [0.2, 0.25) is 0 Å². The van der Waals surface area contributed by atoms with E-state index in [9.17, 15) is 4.39 Å². The van der Waals surface area contributed by atoms with Crippen molar-refractivity contribution in [2.45, 2.75) is 6.92 Å². The van der Waals surface area contributed by atoms with Crippen molar-refractivity contribution < 1.29 is 4.39 Å². The first-order valence-corrected chi connectivity index (χ1v) is 5.64. The topological polar surface area (TPSA) is 43.8 Å². The number of benzene rings is 2. The average molecular weight is 241 g/mol. The third kappa shape index (κ3) is 1.62. The van der Waals surface area contributed by atoms with Gasteiger partial charge >= 0.3 is 0 Å². The summed E-state index contributed by atoms with van der Waals surface area (Å²) in [4.78, 5) is 4.27. The molecule has 0 radical (unpaired) electrons. The van der Waals surface area contributed by atoms with Crippen LogP contribution in [0.3, 0.4) is 0 Å². The van der Waals surface area contributed by atoms with Crippen molar-refractivity contribution in [3.63, 3.8) is 0 Å². The van der Waals surface area contributed by atoms with Gasteiger partial charge in [0.25, 0.3) is 0 Å². The van der Waals surface area contributed by atoms with Gasteiger partial charge in [0.1, 0.15) is 12.1 Å². The Balaban J connectivity index is 2.22. The molecule has 0 fully saturated rings. The molecule has 0 aliphatic heterocycles. The monoisotopic (exact) mass is 241 g/mol. The van der Waals surface area contributed by atoms with Crippen LogP contribution >= 0.6 is 0 Å². The molecule has 90 valence electrons. The second-order valence-electron chi connectivity index (χ2n) is 4.30. The number of rotatable bonds is 1. The zero-order valence-electron chi connectivity index (χ0n) is 9.89. The van der Waals surface area contributed by atoms with E-state index in [1.54, 1.807) is 25.4 Å². The van der Waals surface area contributed by atoms with Gasteiger partial charge < -0.3 is 5.73 Å². The molecule has 3 nitrogen and oxygen atoms in total. The molecule has 0 unspecified atom stereocenters. The summed E-state index contributed by atoms with van der Waals surface area (Å²) in [7, 11) is 0. The van der Waals surface area contributed by atoms with E-state index in [-0.39, 0.29) is 5.82 Å². The number of nitrogens with zero attached hydrogens (tertiary/aromatic N) is 2. The number of aryl methyl sites for hydroxylation is 1. The van der Waals surface area contributed by atoms with Gasteiger partial charge in [-0.2, -0.15) is 0 Å². The summed E-state index contributed by atoms with van der Waals surface area (Å²) in [6, 6.07) is 10.6. The van der Waals surface area contributed by atoms with E-state index in [0.717, 1.165) is 16.7 Å². The van der Waals surface area contributed by atoms with Crippen LogP contribution in [0, 0.1) is 12.7 Å². The first-order chi connectivity index (χ1) is 8.65. The Labute approximate surface area is 104 Å². The van der Waals surface area contributed by atoms with E-state index in [1.165, 1.54) is 6.07 Å². The molecule has 0 saturated carbocycles. The van der Waals surface area contributed by atoms with Crippen LogP contribution in [0.2, 0.25) is 0 Å². The van der Waals surface area contributed by atoms with Crippen LogP contribution < -0.4 is 5.73 Å². The maximum atomic E-state index is 13.6. The lowest BCUT2D eigenvalue weighted by Crippen LogP contribution is -1.94. The van der Waals surface area contributed by atoms with Crippen molar-refractivity contribution in [1.82, 2.24) is 9.55 Å². The Morgan fingerprint density at radius 1 is 1.17 bits per heavy atom. The first-order valence-electron chi connectivity index (χ1n) is 5.64. The number of hydrogen-bond acceptors (Lipinski definition) is 2. The Hall–Kier alpha value is -2.36. The van der Waals surface area contributed by atoms with Crippen molar-refractivity contribution in [1.29, 1.82) is 0 Å². The fraction of sp³-hybridized carbons (Fsp3) is 0.0714. The SMILES string of the molecule is Cc1ccc(-n2cnc3cc(N)ccc32)cc1F. The molecule has 0 atom stereocenters. The summed E-state index contributed by atoms with van der Waals surface area (Å²) in [5.74, 6) is -0.218. The highest BCUT2D eigenvalue weighted by atomic mass is 19.1. The molecule has 0 amide bonds. The van der Waals surface area contributed by atoms with E-state index in [0.29, 0.717) is 11.3 Å². The lowest BCUT2D eigenvalue weighted by Gasteiger charge is -2.05. The lowest BCUT2D eigenvalue weighted by molar-refractivity contribution is 0.617. The third-order valence-electron chi connectivity index (χ3n) is 3.00. The molecule has 0 spiro atoms. The van der Waals surface area contributed by atoms with Gasteiger partial charge in [-0.25, -0.2) is 9.37 Å². The normalized spacial score (nSPS) is 11.0. The number of fused-ring (bicyclic) bond motifs is 1. The summed E-state index contributed by atoms with van der Waals surface area (Å²) >= 11 is 0. The van der Waals surface area contributed by atoms with Crippen LogP contribution in [0.1, 0.15) is 5.56 Å². The minimum Gasteiger partial charge on any atom is -0.399 e. The van der Waals surface area contributed by atoms with Crippen LogP contribution in [0.25, 0.3) is 16.7 Å². The lowest BCUT2D eigenvalue weighted by atomic mass is 10.2. The van der Waals surface area contributed by atoms with E-state index < -0.39 is 0 Å². The highest BCUT2D eigenvalue weighted by Gasteiger charge is 2.06. The van der Waals surface area contributed by atoms with Crippen LogP contribution in [0.15, 0.2) is 42.7 Å². The minimum absolute atomic E-state index is 0.218. The molecule has 0 aliphatic carbocycles. The molecule has 3 aromatic rings. The molecule has 2 N–H and O–H groups in total. The fourth-order valence-corrected chi connectivity index (χ4v) is 1.97. The number of aromatic nitrogens is 2. The highest BCUT2D eigenvalue weighted by Crippen LogP contribution is 2.21. The average Bonchev–Trinajstić information content (AvgIpc) is 2.75. The van der Waals surface area contributed by atoms with E-state index in [1.807, 2.05) is 22.8 Å². The number of nitrogen functional groups attached to an aromatic ring is 1.